The number of nitrogens with zero attached hydrogens (tertiary/aromatic N) is 2. The minimum atomic E-state index is -0.625. The lowest BCUT2D eigenvalue weighted by Gasteiger charge is -2.18. The standard InChI is InChI=1S/C23H18FN5O3/c24-18-5-1-2-6-20(18)28-10-11-29(23(28)32)22(31)26-15-7-8-16-17(12-14-4-3-9-25-14)21(30)27-19(16)13-15/h1-9,12-13,25H,10-11H2,(H,26,31)(H,27,30)/b17-12-. The van der Waals surface area contributed by atoms with Crippen molar-refractivity contribution in [3.8, 4) is 0 Å². The maximum atomic E-state index is 14.0. The molecule has 8 nitrogen and oxygen atoms in total. The highest BCUT2D eigenvalue weighted by Crippen LogP contribution is 2.35. The number of H-pyrrole nitrogens is 1. The molecule has 2 aliphatic rings. The number of carbonyl (C=O) groups is 3. The SMILES string of the molecule is O=C1Nc2cc(NC(=O)N3CCN(c4ccccc4F)C3=O)ccc2/C1=C/c1ccc[nH]1. The Hall–Kier alpha value is -4.40. The van der Waals surface area contributed by atoms with E-state index in [1.807, 2.05) is 12.1 Å². The van der Waals surface area contributed by atoms with E-state index in [4.69, 9.17) is 0 Å². The van der Waals surface area contributed by atoms with Crippen molar-refractivity contribution in [1.82, 2.24) is 9.88 Å². The van der Waals surface area contributed by atoms with E-state index in [9.17, 15) is 18.8 Å². The number of halogens is 1. The van der Waals surface area contributed by atoms with E-state index >= 15 is 0 Å². The van der Waals surface area contributed by atoms with Gasteiger partial charge in [-0.1, -0.05) is 18.2 Å². The molecule has 0 spiro atoms. The molecule has 0 unspecified atom stereocenters. The van der Waals surface area contributed by atoms with Gasteiger partial charge < -0.3 is 15.6 Å². The Morgan fingerprint density at radius 2 is 1.91 bits per heavy atom. The molecule has 0 bridgehead atoms. The van der Waals surface area contributed by atoms with Crippen LogP contribution >= 0.6 is 0 Å². The van der Waals surface area contributed by atoms with Gasteiger partial charge in [0.15, 0.2) is 0 Å². The van der Waals surface area contributed by atoms with Gasteiger partial charge in [-0.05, 0) is 42.5 Å². The average molecular weight is 431 g/mol. The van der Waals surface area contributed by atoms with Crippen LogP contribution in [0.5, 0.6) is 0 Å². The normalized spacial score (nSPS) is 16.5. The van der Waals surface area contributed by atoms with Crippen LogP contribution in [0.4, 0.5) is 31.0 Å². The first kappa shape index (κ1) is 19.6. The molecule has 3 heterocycles. The number of aromatic amines is 1. The summed E-state index contributed by atoms with van der Waals surface area (Å²) in [6.07, 6.45) is 3.52. The fraction of sp³-hybridized carbons (Fsp3) is 0.0870. The maximum Gasteiger partial charge on any atom is 0.332 e. The summed E-state index contributed by atoms with van der Waals surface area (Å²) in [6, 6.07) is 13.4. The molecule has 5 rings (SSSR count). The Labute approximate surface area is 182 Å². The van der Waals surface area contributed by atoms with Crippen LogP contribution in [0.1, 0.15) is 11.3 Å². The summed E-state index contributed by atoms with van der Waals surface area (Å²) in [6.45, 7) is 0.323. The first-order valence-corrected chi connectivity index (χ1v) is 9.96. The van der Waals surface area contributed by atoms with Crippen LogP contribution in [-0.4, -0.2) is 40.9 Å². The number of aromatic nitrogens is 1. The molecule has 1 aromatic heterocycles. The highest BCUT2D eigenvalue weighted by molar-refractivity contribution is 6.35. The summed E-state index contributed by atoms with van der Waals surface area (Å²) >= 11 is 0. The van der Waals surface area contributed by atoms with Crippen LogP contribution in [0, 0.1) is 5.82 Å². The molecule has 2 aromatic carbocycles. The van der Waals surface area contributed by atoms with Gasteiger partial charge in [-0.15, -0.1) is 0 Å². The Kier molecular flexibility index (Phi) is 4.70. The number of hydrogen-bond acceptors (Lipinski definition) is 3. The zero-order valence-electron chi connectivity index (χ0n) is 16.8. The molecule has 0 radical (unpaired) electrons. The van der Waals surface area contributed by atoms with Crippen molar-refractivity contribution < 1.29 is 18.8 Å². The molecule has 0 saturated carbocycles. The molecular weight excluding hydrogens is 413 g/mol. The Balaban J connectivity index is 1.32. The second-order valence-corrected chi connectivity index (χ2v) is 7.37. The fourth-order valence-corrected chi connectivity index (χ4v) is 3.82. The number of anilines is 3. The van der Waals surface area contributed by atoms with Crippen LogP contribution in [-0.2, 0) is 4.79 Å². The average Bonchev–Trinajstić information content (AvgIpc) is 3.49. The van der Waals surface area contributed by atoms with E-state index in [0.717, 1.165) is 10.6 Å². The first-order chi connectivity index (χ1) is 15.5. The Morgan fingerprint density at radius 1 is 1.06 bits per heavy atom. The van der Waals surface area contributed by atoms with E-state index < -0.39 is 17.9 Å². The summed E-state index contributed by atoms with van der Waals surface area (Å²) < 4.78 is 14.0. The third-order valence-corrected chi connectivity index (χ3v) is 5.37. The molecule has 3 N–H and O–H groups in total. The lowest BCUT2D eigenvalue weighted by Crippen LogP contribution is -2.39. The van der Waals surface area contributed by atoms with Crippen LogP contribution in [0.15, 0.2) is 60.8 Å². The number of benzene rings is 2. The monoisotopic (exact) mass is 431 g/mol. The minimum absolute atomic E-state index is 0.129. The smallest absolute Gasteiger partial charge is 0.332 e. The van der Waals surface area contributed by atoms with Gasteiger partial charge in [0.2, 0.25) is 0 Å². The van der Waals surface area contributed by atoms with Gasteiger partial charge in [0, 0.05) is 29.7 Å². The predicted octanol–water partition coefficient (Wildman–Crippen LogP) is 4.12. The number of imide groups is 1. The van der Waals surface area contributed by atoms with Gasteiger partial charge in [-0.25, -0.2) is 18.9 Å². The van der Waals surface area contributed by atoms with E-state index in [2.05, 4.69) is 15.6 Å². The van der Waals surface area contributed by atoms with E-state index in [-0.39, 0.29) is 24.7 Å². The van der Waals surface area contributed by atoms with Crippen molar-refractivity contribution in [2.24, 2.45) is 0 Å². The minimum Gasteiger partial charge on any atom is -0.362 e. The fourth-order valence-electron chi connectivity index (χ4n) is 3.82. The molecule has 9 heteroatoms. The van der Waals surface area contributed by atoms with Crippen molar-refractivity contribution >= 4 is 46.7 Å². The molecule has 3 aromatic rings. The molecule has 0 aliphatic carbocycles. The van der Waals surface area contributed by atoms with Crippen LogP contribution < -0.4 is 15.5 Å². The molecule has 1 saturated heterocycles. The molecule has 2 aliphatic heterocycles. The molecule has 1 fully saturated rings. The zero-order chi connectivity index (χ0) is 22.2. The van der Waals surface area contributed by atoms with E-state index in [1.165, 1.54) is 23.1 Å². The third kappa shape index (κ3) is 3.39. The van der Waals surface area contributed by atoms with Crippen LogP contribution in [0.2, 0.25) is 0 Å². The van der Waals surface area contributed by atoms with Crippen molar-refractivity contribution in [3.63, 3.8) is 0 Å². The Morgan fingerprint density at radius 3 is 2.69 bits per heavy atom. The van der Waals surface area contributed by atoms with Crippen molar-refractivity contribution in [1.29, 1.82) is 0 Å². The predicted molar refractivity (Wildman–Crippen MR) is 119 cm³/mol. The van der Waals surface area contributed by atoms with E-state index in [1.54, 1.807) is 36.5 Å². The number of rotatable bonds is 3. The van der Waals surface area contributed by atoms with Gasteiger partial charge in [0.25, 0.3) is 5.91 Å². The lowest BCUT2D eigenvalue weighted by atomic mass is 10.1. The second-order valence-electron chi connectivity index (χ2n) is 7.37. The summed E-state index contributed by atoms with van der Waals surface area (Å²) in [5, 5.41) is 5.46. The van der Waals surface area contributed by atoms with Crippen LogP contribution in [0.3, 0.4) is 0 Å². The van der Waals surface area contributed by atoms with Gasteiger partial charge in [0.1, 0.15) is 5.82 Å². The number of para-hydroxylation sites is 1. The third-order valence-electron chi connectivity index (χ3n) is 5.37. The molecule has 32 heavy (non-hydrogen) atoms. The maximum absolute atomic E-state index is 14.0. The number of carbonyl (C=O) groups excluding carboxylic acids is 3. The highest BCUT2D eigenvalue weighted by atomic mass is 19.1. The summed E-state index contributed by atoms with van der Waals surface area (Å²) in [5.41, 5.74) is 3.14. The van der Waals surface area contributed by atoms with Gasteiger partial charge in [-0.3, -0.25) is 9.69 Å². The van der Waals surface area contributed by atoms with Crippen molar-refractivity contribution in [2.75, 3.05) is 28.6 Å². The topological polar surface area (TPSA) is 97.5 Å². The number of nitrogens with one attached hydrogen (secondary N) is 3. The summed E-state index contributed by atoms with van der Waals surface area (Å²) in [4.78, 5) is 43.0. The largest absolute Gasteiger partial charge is 0.362 e. The summed E-state index contributed by atoms with van der Waals surface area (Å²) in [7, 11) is 0. The molecule has 160 valence electrons. The first-order valence-electron chi connectivity index (χ1n) is 9.96. The number of hydrogen-bond donors (Lipinski definition) is 3. The van der Waals surface area contributed by atoms with Gasteiger partial charge in [-0.2, -0.15) is 0 Å². The van der Waals surface area contributed by atoms with E-state index in [0.29, 0.717) is 22.5 Å². The molecule has 5 amide bonds. The number of urea groups is 2. The number of amides is 5. The lowest BCUT2D eigenvalue weighted by molar-refractivity contribution is -0.110. The van der Waals surface area contributed by atoms with Crippen molar-refractivity contribution in [2.45, 2.75) is 0 Å². The zero-order valence-corrected chi connectivity index (χ0v) is 16.8. The quantitative estimate of drug-likeness (QED) is 0.544. The second kappa shape index (κ2) is 7.69. The number of fused-ring (bicyclic) bond motifs is 1. The summed E-state index contributed by atoms with van der Waals surface area (Å²) in [5.74, 6) is -0.769. The Bertz CT molecular complexity index is 1270. The van der Waals surface area contributed by atoms with Gasteiger partial charge in [0.05, 0.1) is 23.5 Å². The van der Waals surface area contributed by atoms with Crippen molar-refractivity contribution in [3.05, 3.63) is 77.9 Å². The van der Waals surface area contributed by atoms with Crippen LogP contribution in [0.25, 0.3) is 11.6 Å². The molecular formula is C23H18FN5O3. The molecule has 0 atom stereocenters. The highest BCUT2D eigenvalue weighted by Gasteiger charge is 2.35. The van der Waals surface area contributed by atoms with Gasteiger partial charge >= 0.3 is 12.1 Å².